The Labute approximate surface area is 145 Å². The first-order valence-electron chi connectivity index (χ1n) is 7.29. The number of pyridine rings is 1. The molecule has 1 saturated carbocycles. The van der Waals surface area contributed by atoms with Crippen LogP contribution in [0.5, 0.6) is 0 Å². The Bertz CT molecular complexity index is 881. The number of nitrogens with zero attached hydrogens (tertiary/aromatic N) is 4. The van der Waals surface area contributed by atoms with Gasteiger partial charge in [0.05, 0.1) is 29.3 Å². The molecule has 24 heavy (non-hydrogen) atoms. The summed E-state index contributed by atoms with van der Waals surface area (Å²) in [6.45, 7) is 1.87. The lowest BCUT2D eigenvalue weighted by Crippen LogP contribution is -2.40. The second-order valence-electron chi connectivity index (χ2n) is 6.40. The molecule has 0 saturated heterocycles. The van der Waals surface area contributed by atoms with Crippen molar-refractivity contribution >= 4 is 27.3 Å². The molecule has 2 heterocycles. The molecule has 1 fully saturated rings. The number of hydrogen-bond acceptors (Lipinski definition) is 6. The Morgan fingerprint density at radius 1 is 1.46 bits per heavy atom. The van der Waals surface area contributed by atoms with Gasteiger partial charge in [0.1, 0.15) is 4.90 Å². The summed E-state index contributed by atoms with van der Waals surface area (Å²) in [6.07, 6.45) is 5.01. The van der Waals surface area contributed by atoms with Crippen molar-refractivity contribution in [3.05, 3.63) is 29.7 Å². The van der Waals surface area contributed by atoms with Gasteiger partial charge in [-0.2, -0.15) is 5.10 Å². The van der Waals surface area contributed by atoms with Crippen LogP contribution in [-0.4, -0.2) is 53.8 Å². The SMILES string of the molecule is CN(C)C1CC1(C)NS(=O)(=O)c1cc(N)cnc1-n1cc(Cl)cn1. The van der Waals surface area contributed by atoms with Gasteiger partial charge in [0.2, 0.25) is 10.0 Å². The second kappa shape index (κ2) is 5.69. The third-order valence-electron chi connectivity index (χ3n) is 4.10. The normalized spacial score (nSPS) is 23.6. The first-order chi connectivity index (χ1) is 11.1. The monoisotopic (exact) mass is 370 g/mol. The molecule has 0 spiro atoms. The van der Waals surface area contributed by atoms with Crippen molar-refractivity contribution in [2.24, 2.45) is 0 Å². The summed E-state index contributed by atoms with van der Waals surface area (Å²) in [6, 6.07) is 1.51. The molecule has 0 aliphatic heterocycles. The predicted molar refractivity (Wildman–Crippen MR) is 91.6 cm³/mol. The van der Waals surface area contributed by atoms with E-state index in [9.17, 15) is 8.42 Å². The molecular weight excluding hydrogens is 352 g/mol. The van der Waals surface area contributed by atoms with Gasteiger partial charge in [-0.3, -0.25) is 0 Å². The average Bonchev–Trinajstić information content (AvgIpc) is 2.94. The second-order valence-corrected chi connectivity index (χ2v) is 8.49. The van der Waals surface area contributed by atoms with E-state index in [2.05, 4.69) is 14.8 Å². The third kappa shape index (κ3) is 3.12. The Balaban J connectivity index is 2.00. The summed E-state index contributed by atoms with van der Waals surface area (Å²) in [5.74, 6) is 0.147. The highest BCUT2D eigenvalue weighted by atomic mass is 35.5. The lowest BCUT2D eigenvalue weighted by atomic mass is 10.3. The molecule has 0 aromatic carbocycles. The van der Waals surface area contributed by atoms with Gasteiger partial charge < -0.3 is 10.6 Å². The Kier molecular flexibility index (Phi) is 4.07. The fraction of sp³-hybridized carbons (Fsp3) is 0.429. The fourth-order valence-corrected chi connectivity index (χ4v) is 4.56. The molecule has 0 radical (unpaired) electrons. The number of rotatable bonds is 5. The standard InChI is InChI=1S/C14H19ClN6O2S/c1-14(5-12(14)20(2)3)19-24(22,23)11-4-10(16)7-17-13(11)21-8-9(15)6-18-21/h4,6-8,12,19H,5,16H2,1-3H3. The highest BCUT2D eigenvalue weighted by molar-refractivity contribution is 7.89. The minimum atomic E-state index is -3.84. The molecule has 3 N–H and O–H groups in total. The van der Waals surface area contributed by atoms with Crippen molar-refractivity contribution in [3.8, 4) is 5.82 Å². The van der Waals surface area contributed by atoms with E-state index in [1.54, 1.807) is 0 Å². The number of nitrogens with one attached hydrogen (secondary N) is 1. The minimum Gasteiger partial charge on any atom is -0.397 e. The van der Waals surface area contributed by atoms with Crippen molar-refractivity contribution in [2.45, 2.75) is 29.8 Å². The maximum atomic E-state index is 12.9. The molecule has 2 unspecified atom stereocenters. The minimum absolute atomic E-state index is 0.0344. The molecule has 3 rings (SSSR count). The number of nitrogens with two attached hydrogens (primary N) is 1. The van der Waals surface area contributed by atoms with Gasteiger partial charge in [-0.05, 0) is 33.5 Å². The van der Waals surface area contributed by atoms with Crippen molar-refractivity contribution in [2.75, 3.05) is 19.8 Å². The molecule has 0 amide bonds. The predicted octanol–water partition coefficient (Wildman–Crippen LogP) is 0.874. The Hall–Kier alpha value is -1.68. The number of anilines is 1. The number of halogens is 1. The van der Waals surface area contributed by atoms with Crippen molar-refractivity contribution in [1.82, 2.24) is 24.4 Å². The number of nitrogen functional groups attached to an aromatic ring is 1. The fourth-order valence-electron chi connectivity index (χ4n) is 2.81. The molecule has 1 aliphatic carbocycles. The molecule has 1 aliphatic rings. The van der Waals surface area contributed by atoms with E-state index in [0.29, 0.717) is 5.02 Å². The zero-order valence-electron chi connectivity index (χ0n) is 13.6. The van der Waals surface area contributed by atoms with Crippen LogP contribution in [-0.2, 0) is 10.0 Å². The van der Waals surface area contributed by atoms with E-state index in [0.717, 1.165) is 6.42 Å². The zero-order chi connectivity index (χ0) is 17.7. The molecule has 2 aromatic rings. The van der Waals surface area contributed by atoms with E-state index >= 15 is 0 Å². The van der Waals surface area contributed by atoms with E-state index in [1.807, 2.05) is 25.9 Å². The lowest BCUT2D eigenvalue weighted by molar-refractivity contribution is 0.360. The lowest BCUT2D eigenvalue weighted by Gasteiger charge is -2.19. The topological polar surface area (TPSA) is 106 Å². The summed E-state index contributed by atoms with van der Waals surface area (Å²) in [4.78, 5) is 6.08. The van der Waals surface area contributed by atoms with Crippen molar-refractivity contribution in [1.29, 1.82) is 0 Å². The Morgan fingerprint density at radius 3 is 2.71 bits per heavy atom. The molecule has 130 valence electrons. The van der Waals surface area contributed by atoms with Crippen LogP contribution in [0.15, 0.2) is 29.6 Å². The van der Waals surface area contributed by atoms with Gasteiger partial charge in [-0.15, -0.1) is 0 Å². The summed E-state index contributed by atoms with van der Waals surface area (Å²) >= 11 is 5.87. The van der Waals surface area contributed by atoms with Gasteiger partial charge in [0.15, 0.2) is 5.82 Å². The van der Waals surface area contributed by atoms with Crippen LogP contribution < -0.4 is 10.5 Å². The average molecular weight is 371 g/mol. The van der Waals surface area contributed by atoms with Gasteiger partial charge in [-0.25, -0.2) is 22.8 Å². The quantitative estimate of drug-likeness (QED) is 0.809. The summed E-state index contributed by atoms with van der Waals surface area (Å²) < 4.78 is 29.9. The molecule has 2 aromatic heterocycles. The van der Waals surface area contributed by atoms with Gasteiger partial charge in [-0.1, -0.05) is 11.6 Å². The summed E-state index contributed by atoms with van der Waals surface area (Å²) in [7, 11) is 0.00313. The maximum absolute atomic E-state index is 12.9. The van der Waals surface area contributed by atoms with E-state index < -0.39 is 15.6 Å². The molecule has 0 bridgehead atoms. The van der Waals surface area contributed by atoms with Crippen LogP contribution in [0.1, 0.15) is 13.3 Å². The highest BCUT2D eigenvalue weighted by Crippen LogP contribution is 2.40. The molecular formula is C14H19ClN6O2S. The number of likely N-dealkylation sites (N-methyl/N-ethyl adjacent to an activating group) is 1. The zero-order valence-corrected chi connectivity index (χ0v) is 15.1. The van der Waals surface area contributed by atoms with Gasteiger partial charge >= 0.3 is 0 Å². The van der Waals surface area contributed by atoms with Crippen LogP contribution in [0.2, 0.25) is 5.02 Å². The van der Waals surface area contributed by atoms with Crippen LogP contribution in [0.3, 0.4) is 0 Å². The van der Waals surface area contributed by atoms with Crippen LogP contribution >= 0.6 is 11.6 Å². The third-order valence-corrected chi connectivity index (χ3v) is 5.90. The van der Waals surface area contributed by atoms with Crippen molar-refractivity contribution < 1.29 is 8.42 Å². The van der Waals surface area contributed by atoms with Crippen LogP contribution in [0, 0.1) is 0 Å². The highest BCUT2D eigenvalue weighted by Gasteiger charge is 2.54. The Morgan fingerprint density at radius 2 is 2.17 bits per heavy atom. The van der Waals surface area contributed by atoms with Crippen molar-refractivity contribution in [3.63, 3.8) is 0 Å². The molecule has 2 atom stereocenters. The first kappa shape index (κ1) is 17.2. The number of hydrogen-bond donors (Lipinski definition) is 2. The first-order valence-corrected chi connectivity index (χ1v) is 9.15. The molecule has 10 heteroatoms. The summed E-state index contributed by atoms with van der Waals surface area (Å²) in [5, 5.41) is 4.41. The number of aromatic nitrogens is 3. The van der Waals surface area contributed by atoms with Gasteiger partial charge in [0, 0.05) is 11.6 Å². The van der Waals surface area contributed by atoms with E-state index in [1.165, 1.54) is 29.3 Å². The number of sulfonamides is 1. The van der Waals surface area contributed by atoms with Crippen LogP contribution in [0.25, 0.3) is 5.82 Å². The molecule has 8 nitrogen and oxygen atoms in total. The van der Waals surface area contributed by atoms with Gasteiger partial charge in [0.25, 0.3) is 0 Å². The van der Waals surface area contributed by atoms with E-state index in [-0.39, 0.29) is 22.4 Å². The largest absolute Gasteiger partial charge is 0.397 e. The maximum Gasteiger partial charge on any atom is 0.244 e. The van der Waals surface area contributed by atoms with Crippen LogP contribution in [0.4, 0.5) is 5.69 Å². The summed E-state index contributed by atoms with van der Waals surface area (Å²) in [5.41, 5.74) is 5.47. The smallest absolute Gasteiger partial charge is 0.244 e. The van der Waals surface area contributed by atoms with E-state index in [4.69, 9.17) is 17.3 Å².